The minimum absolute atomic E-state index is 0.0742. The van der Waals surface area contributed by atoms with Gasteiger partial charge in [0.25, 0.3) is 0 Å². The molecular formula is C27H28ClF2NO5. The second kappa shape index (κ2) is 11.7. The number of aromatic nitrogens is 1. The summed E-state index contributed by atoms with van der Waals surface area (Å²) in [7, 11) is 2.90. The molecular weight excluding hydrogens is 492 g/mol. The summed E-state index contributed by atoms with van der Waals surface area (Å²) in [6.07, 6.45) is -0.877. The van der Waals surface area contributed by atoms with Gasteiger partial charge in [0.05, 0.1) is 31.0 Å². The minimum Gasteiger partial charge on any atom is -0.494 e. The van der Waals surface area contributed by atoms with E-state index in [1.54, 1.807) is 25.1 Å². The molecule has 0 fully saturated rings. The van der Waals surface area contributed by atoms with Crippen LogP contribution in [0.25, 0.3) is 11.3 Å². The normalized spacial score (nSPS) is 13.6. The lowest BCUT2D eigenvalue weighted by molar-refractivity contribution is 0.0929. The summed E-state index contributed by atoms with van der Waals surface area (Å²) in [5, 5.41) is 9.32. The summed E-state index contributed by atoms with van der Waals surface area (Å²) in [5.74, 6) is 0.241. The fraction of sp³-hybridized carbons (Fsp3) is 0.333. The molecule has 0 amide bonds. The maximum absolute atomic E-state index is 15.7. The summed E-state index contributed by atoms with van der Waals surface area (Å²) in [5.41, 5.74) is -0.714. The van der Waals surface area contributed by atoms with Gasteiger partial charge in [-0.15, -0.1) is 0 Å². The number of halogens is 3. The van der Waals surface area contributed by atoms with Crippen LogP contribution in [0.3, 0.4) is 0 Å². The summed E-state index contributed by atoms with van der Waals surface area (Å²) in [4.78, 5) is 17.3. The predicted octanol–water partition coefficient (Wildman–Crippen LogP) is 6.17. The van der Waals surface area contributed by atoms with Crippen molar-refractivity contribution < 1.29 is 32.9 Å². The Labute approximate surface area is 213 Å². The van der Waals surface area contributed by atoms with Gasteiger partial charge >= 0.3 is 0 Å². The number of aliphatic hydroxyl groups is 1. The molecule has 0 aliphatic rings. The number of carbonyl (C=O) groups is 1. The SMILES string of the molecule is COc1cc(C(=O)CCC(C)(F)c2ccc(OC)c(-c3ccc(F)c(Cl)c3)n2)ccc1OC[C@@H](C)O. The number of carbonyl (C=O) groups excluding carboxylic acids is 1. The van der Waals surface area contributed by atoms with Crippen molar-refractivity contribution in [2.75, 3.05) is 20.8 Å². The first-order chi connectivity index (χ1) is 17.1. The van der Waals surface area contributed by atoms with E-state index in [4.69, 9.17) is 25.8 Å². The topological polar surface area (TPSA) is 77.9 Å². The zero-order valence-electron chi connectivity index (χ0n) is 20.5. The Morgan fingerprint density at radius 2 is 1.78 bits per heavy atom. The van der Waals surface area contributed by atoms with Crippen LogP contribution in [0, 0.1) is 5.82 Å². The first-order valence-corrected chi connectivity index (χ1v) is 11.7. The van der Waals surface area contributed by atoms with E-state index in [0.29, 0.717) is 34.1 Å². The van der Waals surface area contributed by atoms with Crippen molar-refractivity contribution in [3.05, 3.63) is 70.6 Å². The van der Waals surface area contributed by atoms with Crippen LogP contribution in [0.4, 0.5) is 8.78 Å². The third kappa shape index (κ3) is 6.50. The largest absolute Gasteiger partial charge is 0.494 e. The number of pyridine rings is 1. The molecule has 0 radical (unpaired) electrons. The number of rotatable bonds is 11. The van der Waals surface area contributed by atoms with Crippen LogP contribution in [-0.4, -0.2) is 42.8 Å². The van der Waals surface area contributed by atoms with Crippen molar-refractivity contribution >= 4 is 17.4 Å². The van der Waals surface area contributed by atoms with E-state index in [2.05, 4.69) is 4.98 Å². The number of alkyl halides is 1. The molecule has 3 aromatic rings. The minimum atomic E-state index is -1.94. The van der Waals surface area contributed by atoms with Gasteiger partial charge in [0.2, 0.25) is 0 Å². The Kier molecular flexibility index (Phi) is 8.87. The van der Waals surface area contributed by atoms with Crippen molar-refractivity contribution in [1.29, 1.82) is 0 Å². The zero-order chi connectivity index (χ0) is 26.5. The molecule has 1 N–H and O–H groups in total. The van der Waals surface area contributed by atoms with Crippen molar-refractivity contribution in [2.45, 2.75) is 38.5 Å². The van der Waals surface area contributed by atoms with Crippen molar-refractivity contribution in [3.8, 4) is 28.5 Å². The number of hydrogen-bond donors (Lipinski definition) is 1. The molecule has 1 aromatic heterocycles. The summed E-state index contributed by atoms with van der Waals surface area (Å²) >= 11 is 5.91. The monoisotopic (exact) mass is 519 g/mol. The maximum atomic E-state index is 15.7. The van der Waals surface area contributed by atoms with Gasteiger partial charge in [-0.25, -0.2) is 13.8 Å². The van der Waals surface area contributed by atoms with Crippen LogP contribution in [0.5, 0.6) is 17.2 Å². The molecule has 1 heterocycles. The van der Waals surface area contributed by atoms with Crippen LogP contribution in [0.1, 0.15) is 42.7 Å². The van der Waals surface area contributed by atoms with Gasteiger partial charge in [-0.05, 0) is 68.8 Å². The first kappa shape index (κ1) is 27.4. The Morgan fingerprint density at radius 1 is 1.08 bits per heavy atom. The number of aliphatic hydroxyl groups excluding tert-OH is 1. The number of ether oxygens (including phenoxy) is 3. The molecule has 0 saturated heterocycles. The molecule has 0 aliphatic heterocycles. The molecule has 3 rings (SSSR count). The Morgan fingerprint density at radius 3 is 2.42 bits per heavy atom. The molecule has 9 heteroatoms. The van der Waals surface area contributed by atoms with E-state index in [1.807, 2.05) is 0 Å². The average Bonchev–Trinajstić information content (AvgIpc) is 2.87. The first-order valence-electron chi connectivity index (χ1n) is 11.3. The molecule has 0 spiro atoms. The third-order valence-corrected chi connectivity index (χ3v) is 5.88. The predicted molar refractivity (Wildman–Crippen MR) is 133 cm³/mol. The van der Waals surface area contributed by atoms with E-state index >= 15 is 4.39 Å². The lowest BCUT2D eigenvalue weighted by Crippen LogP contribution is -2.19. The van der Waals surface area contributed by atoms with Gasteiger partial charge in [-0.3, -0.25) is 4.79 Å². The second-order valence-electron chi connectivity index (χ2n) is 8.52. The van der Waals surface area contributed by atoms with Crippen LogP contribution in [0.15, 0.2) is 48.5 Å². The Bertz CT molecular complexity index is 1230. The third-order valence-electron chi connectivity index (χ3n) is 5.59. The Balaban J connectivity index is 1.79. The lowest BCUT2D eigenvalue weighted by atomic mass is 9.93. The number of methoxy groups -OCH3 is 2. The highest BCUT2D eigenvalue weighted by atomic mass is 35.5. The van der Waals surface area contributed by atoms with Crippen molar-refractivity contribution in [2.24, 2.45) is 0 Å². The summed E-state index contributed by atoms with van der Waals surface area (Å²) < 4.78 is 45.5. The smallest absolute Gasteiger partial charge is 0.163 e. The van der Waals surface area contributed by atoms with E-state index in [0.717, 1.165) is 0 Å². The highest BCUT2D eigenvalue weighted by Crippen LogP contribution is 2.36. The zero-order valence-corrected chi connectivity index (χ0v) is 21.2. The molecule has 6 nitrogen and oxygen atoms in total. The molecule has 192 valence electrons. The molecule has 1 unspecified atom stereocenters. The number of benzene rings is 2. The molecule has 2 atom stereocenters. The summed E-state index contributed by atoms with van der Waals surface area (Å²) in [6, 6.07) is 11.8. The Hall–Kier alpha value is -3.23. The van der Waals surface area contributed by atoms with Crippen LogP contribution < -0.4 is 14.2 Å². The van der Waals surface area contributed by atoms with Crippen LogP contribution >= 0.6 is 11.6 Å². The molecule has 0 aliphatic carbocycles. The average molecular weight is 520 g/mol. The number of hydrogen-bond acceptors (Lipinski definition) is 6. The fourth-order valence-corrected chi connectivity index (χ4v) is 3.72. The van der Waals surface area contributed by atoms with E-state index < -0.39 is 17.6 Å². The number of nitrogens with zero attached hydrogens (tertiary/aromatic N) is 1. The van der Waals surface area contributed by atoms with Gasteiger partial charge in [-0.1, -0.05) is 11.6 Å². The standard InChI is InChI=1S/C27H28ClF2NO5/c1-16(32)15-36-22-8-6-17(14-24(22)35-4)21(33)11-12-27(2,30)25-10-9-23(34-3)26(31-25)18-5-7-20(29)19(28)13-18/h5-10,13-14,16,32H,11-12,15H2,1-4H3/t16-,27?/m1/s1. The van der Waals surface area contributed by atoms with Crippen LogP contribution in [-0.2, 0) is 5.67 Å². The van der Waals surface area contributed by atoms with Crippen molar-refractivity contribution in [3.63, 3.8) is 0 Å². The highest BCUT2D eigenvalue weighted by molar-refractivity contribution is 6.31. The van der Waals surface area contributed by atoms with Crippen molar-refractivity contribution in [1.82, 2.24) is 4.98 Å². The quantitative estimate of drug-likeness (QED) is 0.305. The number of ketones is 1. The molecule has 0 bridgehead atoms. The lowest BCUT2D eigenvalue weighted by Gasteiger charge is -2.21. The van der Waals surface area contributed by atoms with Gasteiger partial charge in [0.15, 0.2) is 17.3 Å². The maximum Gasteiger partial charge on any atom is 0.163 e. The summed E-state index contributed by atoms with van der Waals surface area (Å²) in [6.45, 7) is 3.02. The number of Topliss-reactive ketones (excluding diaryl/α,β-unsaturated/α-hetero) is 1. The van der Waals surface area contributed by atoms with Gasteiger partial charge in [0.1, 0.15) is 29.5 Å². The molecule has 2 aromatic carbocycles. The van der Waals surface area contributed by atoms with Gasteiger partial charge in [0, 0.05) is 17.5 Å². The molecule has 36 heavy (non-hydrogen) atoms. The van der Waals surface area contributed by atoms with Gasteiger partial charge in [-0.2, -0.15) is 0 Å². The van der Waals surface area contributed by atoms with E-state index in [9.17, 15) is 14.3 Å². The highest BCUT2D eigenvalue weighted by Gasteiger charge is 2.30. The van der Waals surface area contributed by atoms with Crippen LogP contribution in [0.2, 0.25) is 5.02 Å². The molecule has 0 saturated carbocycles. The van der Waals surface area contributed by atoms with E-state index in [-0.39, 0.29) is 35.9 Å². The van der Waals surface area contributed by atoms with E-state index in [1.165, 1.54) is 51.5 Å². The fourth-order valence-electron chi connectivity index (χ4n) is 3.54. The van der Waals surface area contributed by atoms with Gasteiger partial charge < -0.3 is 19.3 Å². The second-order valence-corrected chi connectivity index (χ2v) is 8.93.